The van der Waals surface area contributed by atoms with Crippen LogP contribution < -0.4 is 44.7 Å². The molecule has 1 amide bonds. The van der Waals surface area contributed by atoms with Crippen LogP contribution in [0, 0.1) is 6.92 Å². The Hall–Kier alpha value is -2.70. The maximum atomic E-state index is 13.4. The second kappa shape index (κ2) is 12.6. The molecule has 0 saturated carbocycles. The summed E-state index contributed by atoms with van der Waals surface area (Å²) in [5.41, 5.74) is 0.348. The first-order valence-electron chi connectivity index (χ1n) is 11.2. The normalized spacial score (nSPS) is 11.4. The molecule has 4 aromatic rings. The number of halogens is 2. The van der Waals surface area contributed by atoms with E-state index in [1.54, 1.807) is 49.4 Å². The third-order valence-corrected chi connectivity index (χ3v) is 7.10. The van der Waals surface area contributed by atoms with Crippen LogP contribution in [0.15, 0.2) is 75.8 Å². The van der Waals surface area contributed by atoms with Gasteiger partial charge in [-0.05, 0) is 55.1 Å². The number of nitrogens with one attached hydrogen (secondary N) is 1. The van der Waals surface area contributed by atoms with Gasteiger partial charge < -0.3 is 15.2 Å². The predicted octanol–water partition coefficient (Wildman–Crippen LogP) is 3.85. The summed E-state index contributed by atoms with van der Waals surface area (Å²) in [5, 5.41) is 25.5. The molecule has 196 valence electrons. The molecule has 4 rings (SSSR count). The van der Waals surface area contributed by atoms with Gasteiger partial charge in [-0.15, -0.1) is 5.11 Å². The number of nitrogens with zero attached hydrogens (tertiary/aromatic N) is 2. The van der Waals surface area contributed by atoms with Crippen LogP contribution in [-0.4, -0.2) is 25.5 Å². The Morgan fingerprint density at radius 1 is 1.05 bits per heavy atom. The molecule has 2 N–H and O–H groups in total. The molecule has 9 nitrogen and oxygen atoms in total. The average Bonchev–Trinajstić information content (AvgIpc) is 2.86. The maximum Gasteiger partial charge on any atom is 1.00 e. The van der Waals surface area contributed by atoms with Crippen LogP contribution in [-0.2, 0) is 10.1 Å². The number of carbonyl (C=O) groups is 1. The van der Waals surface area contributed by atoms with E-state index in [0.29, 0.717) is 33.8 Å². The monoisotopic (exact) mass is 595 g/mol. The topological polar surface area (TPSA) is 140 Å². The Bertz CT molecular complexity index is 1710. The van der Waals surface area contributed by atoms with Crippen molar-refractivity contribution in [3.63, 3.8) is 0 Å². The molecule has 0 radical (unpaired) electrons. The summed E-state index contributed by atoms with van der Waals surface area (Å²) in [5.74, 6) is -0.964. The molecule has 39 heavy (non-hydrogen) atoms. The summed E-state index contributed by atoms with van der Waals surface area (Å²) < 4.78 is 37.9. The van der Waals surface area contributed by atoms with Crippen LogP contribution in [0.1, 0.15) is 22.8 Å². The Labute approximate surface area is 256 Å². The van der Waals surface area contributed by atoms with Crippen molar-refractivity contribution in [2.45, 2.75) is 18.7 Å². The van der Waals surface area contributed by atoms with Crippen molar-refractivity contribution >= 4 is 67.1 Å². The first-order valence-corrected chi connectivity index (χ1v) is 13.3. The predicted molar refractivity (Wildman–Crippen MR) is 144 cm³/mol. The van der Waals surface area contributed by atoms with E-state index in [0.717, 1.165) is 6.07 Å². The van der Waals surface area contributed by atoms with Crippen LogP contribution in [0.4, 0.5) is 17.1 Å². The van der Waals surface area contributed by atoms with Crippen molar-refractivity contribution in [3.8, 4) is 11.5 Å². The molecule has 0 spiro atoms. The second-order valence-electron chi connectivity index (χ2n) is 8.10. The Morgan fingerprint density at radius 3 is 2.46 bits per heavy atom. The van der Waals surface area contributed by atoms with Crippen molar-refractivity contribution in [1.82, 2.24) is 0 Å². The molecule has 0 atom stereocenters. The van der Waals surface area contributed by atoms with E-state index in [-0.39, 0.29) is 62.0 Å². The van der Waals surface area contributed by atoms with E-state index in [1.165, 1.54) is 19.1 Å². The molecular weight excluding hydrogens is 576 g/mol. The van der Waals surface area contributed by atoms with Gasteiger partial charge >= 0.3 is 29.6 Å². The van der Waals surface area contributed by atoms with Gasteiger partial charge in [0, 0.05) is 22.7 Å². The van der Waals surface area contributed by atoms with E-state index >= 15 is 0 Å². The smallest absolute Gasteiger partial charge is 0.870 e. The Morgan fingerprint density at radius 2 is 1.77 bits per heavy atom. The summed E-state index contributed by atoms with van der Waals surface area (Å²) in [7, 11) is -4.49. The number of carbonyl (C=O) groups excluding carboxylic acids is 1. The number of benzene rings is 4. The summed E-state index contributed by atoms with van der Waals surface area (Å²) in [6.07, 6.45) is 0. The summed E-state index contributed by atoms with van der Waals surface area (Å²) in [6, 6.07) is 15.4. The third-order valence-electron chi connectivity index (χ3n) is 5.49. The van der Waals surface area contributed by atoms with Crippen molar-refractivity contribution in [1.29, 1.82) is 0 Å². The number of aryl methyl sites for hydroxylation is 1. The van der Waals surface area contributed by atoms with Gasteiger partial charge in [-0.25, -0.2) is 0 Å². The van der Waals surface area contributed by atoms with Gasteiger partial charge in [-0.3, -0.25) is 9.35 Å². The van der Waals surface area contributed by atoms with Gasteiger partial charge in [0.25, 0.3) is 16.0 Å². The number of anilines is 1. The van der Waals surface area contributed by atoms with E-state index in [4.69, 9.17) is 27.9 Å². The molecule has 0 heterocycles. The number of azo groups is 1. The fourth-order valence-electron chi connectivity index (χ4n) is 3.73. The van der Waals surface area contributed by atoms with E-state index in [1.807, 2.05) is 0 Å². The Kier molecular flexibility index (Phi) is 10.0. The van der Waals surface area contributed by atoms with Gasteiger partial charge in [0.05, 0.1) is 27.2 Å². The van der Waals surface area contributed by atoms with E-state index < -0.39 is 21.8 Å². The Balaban J connectivity index is 0.00000420. The van der Waals surface area contributed by atoms with Gasteiger partial charge in [-0.1, -0.05) is 53.2 Å². The van der Waals surface area contributed by atoms with Gasteiger partial charge in [0.1, 0.15) is 11.4 Å². The number of amides is 1. The average molecular weight is 596 g/mol. The van der Waals surface area contributed by atoms with Crippen molar-refractivity contribution in [2.75, 3.05) is 11.9 Å². The van der Waals surface area contributed by atoms with Crippen LogP contribution >= 0.6 is 23.2 Å². The molecule has 0 aromatic heterocycles. The largest absolute Gasteiger partial charge is 1.00 e. The molecule has 13 heteroatoms. The van der Waals surface area contributed by atoms with E-state index in [9.17, 15) is 22.9 Å². The van der Waals surface area contributed by atoms with Crippen LogP contribution in [0.2, 0.25) is 10.0 Å². The number of rotatable bonds is 7. The van der Waals surface area contributed by atoms with Crippen molar-refractivity contribution < 1.29 is 57.2 Å². The first kappa shape index (κ1) is 30.8. The molecule has 0 aliphatic heterocycles. The quantitative estimate of drug-likeness (QED) is 0.189. The standard InChI is InChI=1S/C26H21Cl2N3O6S.Na/c1-3-37-22-12-16(8-9-19(22)27)29-26(33)18-11-15-6-4-5-7-17(15)24(25(18)32)31-30-21-10-14(2)23(13-20(21)28)38(34,35)36;/h4-13,32H,3H2,1-2H3,(H,29,33)(H,34,35,36);/q;+1/p-1. The van der Waals surface area contributed by atoms with Gasteiger partial charge in [0.2, 0.25) is 0 Å². The van der Waals surface area contributed by atoms with Crippen LogP contribution in [0.3, 0.4) is 0 Å². The fourth-order valence-corrected chi connectivity index (χ4v) is 4.90. The zero-order valence-electron chi connectivity index (χ0n) is 21.0. The summed E-state index contributed by atoms with van der Waals surface area (Å²) in [6.45, 7) is 3.63. The molecule has 0 saturated heterocycles. The molecule has 0 aliphatic carbocycles. The molecule has 0 aliphatic rings. The maximum absolute atomic E-state index is 13.4. The fraction of sp³-hybridized carbons (Fsp3) is 0.115. The number of ether oxygens (including phenoxy) is 1. The molecule has 0 unspecified atom stereocenters. The number of fused-ring (bicyclic) bond motifs is 1. The molecule has 0 fully saturated rings. The molecular formula is C26H20Cl2N3NaO6S. The number of hydrogen-bond donors (Lipinski definition) is 2. The summed E-state index contributed by atoms with van der Waals surface area (Å²) in [4.78, 5) is 12.8. The molecule has 4 aromatic carbocycles. The zero-order valence-corrected chi connectivity index (χ0v) is 25.4. The van der Waals surface area contributed by atoms with Crippen LogP contribution in [0.25, 0.3) is 10.8 Å². The zero-order chi connectivity index (χ0) is 27.6. The van der Waals surface area contributed by atoms with Crippen molar-refractivity contribution in [3.05, 3.63) is 81.8 Å². The molecule has 0 bridgehead atoms. The van der Waals surface area contributed by atoms with Crippen molar-refractivity contribution in [2.24, 2.45) is 10.2 Å². The van der Waals surface area contributed by atoms with Gasteiger partial charge in [-0.2, -0.15) is 13.5 Å². The number of hydrogen-bond acceptors (Lipinski definition) is 7. The van der Waals surface area contributed by atoms with Gasteiger partial charge in [0.15, 0.2) is 0 Å². The minimum Gasteiger partial charge on any atom is -0.870 e. The SMILES string of the molecule is CCOc1cc(NC(=O)c2cc3ccccc3c(N=Nc3cc(C)c(S(=O)(=O)O)cc3Cl)c2[O-])ccc1Cl.[Na+]. The summed E-state index contributed by atoms with van der Waals surface area (Å²) >= 11 is 12.3. The second-order valence-corrected chi connectivity index (χ2v) is 10.3. The first-order chi connectivity index (χ1) is 18.0. The van der Waals surface area contributed by atoms with E-state index in [2.05, 4.69) is 15.5 Å². The minimum absolute atomic E-state index is 0. The third kappa shape index (κ3) is 6.90. The van der Waals surface area contributed by atoms with Crippen LogP contribution in [0.5, 0.6) is 11.5 Å². The minimum atomic E-state index is -4.49.